The Morgan fingerprint density at radius 2 is 2.35 bits per heavy atom. The molecular weight excluding hydrogens is 238 g/mol. The molecule has 0 unspecified atom stereocenters. The van der Waals surface area contributed by atoms with E-state index in [2.05, 4.69) is 25.9 Å². The van der Waals surface area contributed by atoms with Crippen LogP contribution in [0, 0.1) is 0 Å². The maximum absolute atomic E-state index is 4.31. The van der Waals surface area contributed by atoms with Crippen molar-refractivity contribution < 1.29 is 0 Å². The number of tetrazole rings is 1. The maximum Gasteiger partial charge on any atom is 0.209 e. The van der Waals surface area contributed by atoms with Crippen LogP contribution < -0.4 is 5.32 Å². The van der Waals surface area contributed by atoms with Crippen molar-refractivity contribution in [1.29, 1.82) is 0 Å². The molecule has 0 saturated heterocycles. The number of likely N-dealkylation sites (N-methyl/N-ethyl adjacent to an activating group) is 1. The molecule has 0 bridgehead atoms. The van der Waals surface area contributed by atoms with Crippen molar-refractivity contribution in [2.75, 3.05) is 13.6 Å². The summed E-state index contributed by atoms with van der Waals surface area (Å²) in [7, 11) is 3.82. The monoisotopic (exact) mass is 253 g/mol. The lowest BCUT2D eigenvalue weighted by Crippen LogP contribution is -2.16. The van der Waals surface area contributed by atoms with Gasteiger partial charge >= 0.3 is 0 Å². The average molecular weight is 253 g/mol. The topological polar surface area (TPSA) is 73.5 Å². The summed E-state index contributed by atoms with van der Waals surface area (Å²) in [6.45, 7) is 1.62. The molecular formula is C9H15N7S. The molecule has 0 aromatic carbocycles. The predicted molar refractivity (Wildman–Crippen MR) is 64.5 cm³/mol. The van der Waals surface area contributed by atoms with E-state index in [-0.39, 0.29) is 0 Å². The molecule has 0 fully saturated rings. The Morgan fingerprint density at radius 1 is 1.47 bits per heavy atom. The van der Waals surface area contributed by atoms with Crippen molar-refractivity contribution in [1.82, 2.24) is 35.3 Å². The molecule has 1 N–H and O–H groups in total. The molecule has 7 nitrogen and oxygen atoms in total. The third-order valence-corrected chi connectivity index (χ3v) is 3.18. The fourth-order valence-corrected chi connectivity index (χ4v) is 2.14. The van der Waals surface area contributed by atoms with Gasteiger partial charge in [0.2, 0.25) is 5.16 Å². The Balaban J connectivity index is 1.92. The lowest BCUT2D eigenvalue weighted by atomic mass is 10.5. The summed E-state index contributed by atoms with van der Waals surface area (Å²) in [6, 6.07) is 1.99. The van der Waals surface area contributed by atoms with Crippen LogP contribution in [0.3, 0.4) is 0 Å². The number of aryl methyl sites for hydroxylation is 1. The van der Waals surface area contributed by atoms with Gasteiger partial charge in [-0.05, 0) is 23.5 Å². The van der Waals surface area contributed by atoms with Gasteiger partial charge in [-0.15, -0.1) is 5.10 Å². The van der Waals surface area contributed by atoms with Gasteiger partial charge in [0, 0.05) is 25.5 Å². The van der Waals surface area contributed by atoms with Crippen molar-refractivity contribution >= 4 is 11.8 Å². The summed E-state index contributed by atoms with van der Waals surface area (Å²) >= 11 is 1.59. The maximum atomic E-state index is 4.31. The van der Waals surface area contributed by atoms with Gasteiger partial charge in [-0.2, -0.15) is 5.10 Å². The van der Waals surface area contributed by atoms with Gasteiger partial charge in [0.05, 0.1) is 12.2 Å². The first-order valence-electron chi connectivity index (χ1n) is 5.31. The highest BCUT2D eigenvalue weighted by Crippen LogP contribution is 2.18. The van der Waals surface area contributed by atoms with Gasteiger partial charge in [0.1, 0.15) is 0 Å². The summed E-state index contributed by atoms with van der Waals surface area (Å²) in [6.07, 6.45) is 1.93. The minimum atomic E-state index is 0.772. The predicted octanol–water partition coefficient (Wildman–Crippen LogP) is -0.0817. The van der Waals surface area contributed by atoms with Crippen LogP contribution in [0.15, 0.2) is 17.4 Å². The molecule has 2 aromatic heterocycles. The van der Waals surface area contributed by atoms with Crippen LogP contribution in [0.2, 0.25) is 0 Å². The SMILES string of the molecule is CNCCn1nnnc1SCc1ccn(C)n1. The van der Waals surface area contributed by atoms with Gasteiger partial charge in [0.25, 0.3) is 0 Å². The average Bonchev–Trinajstić information content (AvgIpc) is 2.92. The smallest absolute Gasteiger partial charge is 0.209 e. The van der Waals surface area contributed by atoms with Crippen LogP contribution in [0.25, 0.3) is 0 Å². The standard InChI is InChI=1S/C9H15N7S/c1-10-4-6-16-9(11-13-14-16)17-7-8-3-5-15(2)12-8/h3,5,10H,4,6-7H2,1-2H3. The molecule has 0 aliphatic rings. The Bertz CT molecular complexity index is 463. The van der Waals surface area contributed by atoms with Crippen LogP contribution in [-0.2, 0) is 19.3 Å². The van der Waals surface area contributed by atoms with Crippen molar-refractivity contribution in [3.8, 4) is 0 Å². The first kappa shape index (κ1) is 12.1. The van der Waals surface area contributed by atoms with E-state index >= 15 is 0 Å². The van der Waals surface area contributed by atoms with E-state index in [9.17, 15) is 0 Å². The Kier molecular flexibility index (Phi) is 4.10. The molecule has 0 amide bonds. The van der Waals surface area contributed by atoms with E-state index in [4.69, 9.17) is 0 Å². The number of rotatable bonds is 6. The number of thioether (sulfide) groups is 1. The van der Waals surface area contributed by atoms with Gasteiger partial charge < -0.3 is 5.32 Å². The Labute approximate surface area is 104 Å². The van der Waals surface area contributed by atoms with Gasteiger partial charge in [-0.3, -0.25) is 4.68 Å². The normalized spacial score (nSPS) is 10.9. The number of nitrogens with zero attached hydrogens (tertiary/aromatic N) is 6. The quantitative estimate of drug-likeness (QED) is 0.726. The Hall–Kier alpha value is -1.41. The molecule has 2 rings (SSSR count). The van der Waals surface area contributed by atoms with E-state index < -0.39 is 0 Å². The van der Waals surface area contributed by atoms with Gasteiger partial charge in [-0.25, -0.2) is 4.68 Å². The molecule has 2 aromatic rings. The molecule has 0 spiro atoms. The van der Waals surface area contributed by atoms with Crippen LogP contribution in [0.5, 0.6) is 0 Å². The second kappa shape index (κ2) is 5.78. The van der Waals surface area contributed by atoms with Gasteiger partial charge in [-0.1, -0.05) is 11.8 Å². The lowest BCUT2D eigenvalue weighted by molar-refractivity contribution is 0.530. The van der Waals surface area contributed by atoms with Crippen LogP contribution in [0.1, 0.15) is 5.69 Å². The van der Waals surface area contributed by atoms with Crippen LogP contribution >= 0.6 is 11.8 Å². The van der Waals surface area contributed by atoms with Gasteiger partial charge in [0.15, 0.2) is 0 Å². The number of hydrogen-bond donors (Lipinski definition) is 1. The zero-order valence-electron chi connectivity index (χ0n) is 9.87. The molecule has 0 atom stereocenters. The number of hydrogen-bond acceptors (Lipinski definition) is 6. The molecule has 0 radical (unpaired) electrons. The second-order valence-electron chi connectivity index (χ2n) is 3.56. The highest BCUT2D eigenvalue weighted by Gasteiger charge is 2.07. The summed E-state index contributed by atoms with van der Waals surface area (Å²) in [5, 5.41) is 19.8. The Morgan fingerprint density at radius 3 is 3.06 bits per heavy atom. The molecule has 92 valence electrons. The molecule has 0 aliphatic heterocycles. The van der Waals surface area contributed by atoms with Crippen molar-refractivity contribution in [2.24, 2.45) is 7.05 Å². The van der Waals surface area contributed by atoms with E-state index in [1.807, 2.05) is 26.4 Å². The lowest BCUT2D eigenvalue weighted by Gasteiger charge is -2.02. The van der Waals surface area contributed by atoms with Crippen molar-refractivity contribution in [3.05, 3.63) is 18.0 Å². The molecule has 0 aliphatic carbocycles. The molecule has 17 heavy (non-hydrogen) atoms. The number of aromatic nitrogens is 6. The zero-order valence-corrected chi connectivity index (χ0v) is 10.7. The highest BCUT2D eigenvalue weighted by molar-refractivity contribution is 7.98. The number of nitrogens with one attached hydrogen (secondary N) is 1. The van der Waals surface area contributed by atoms with Crippen molar-refractivity contribution in [3.63, 3.8) is 0 Å². The van der Waals surface area contributed by atoms with Crippen LogP contribution in [0.4, 0.5) is 0 Å². The fraction of sp³-hybridized carbons (Fsp3) is 0.556. The molecule has 2 heterocycles. The summed E-state index contributed by atoms with van der Waals surface area (Å²) in [5.41, 5.74) is 1.03. The molecule has 8 heteroatoms. The largest absolute Gasteiger partial charge is 0.318 e. The first-order valence-corrected chi connectivity index (χ1v) is 6.30. The summed E-state index contributed by atoms with van der Waals surface area (Å²) in [5.74, 6) is 0.779. The van der Waals surface area contributed by atoms with E-state index in [1.54, 1.807) is 21.1 Å². The highest BCUT2D eigenvalue weighted by atomic mass is 32.2. The molecule has 0 saturated carbocycles. The zero-order chi connectivity index (χ0) is 12.1. The minimum Gasteiger partial charge on any atom is -0.318 e. The second-order valence-corrected chi connectivity index (χ2v) is 4.50. The van der Waals surface area contributed by atoms with E-state index in [1.165, 1.54) is 0 Å². The van der Waals surface area contributed by atoms with E-state index in [0.29, 0.717) is 0 Å². The minimum absolute atomic E-state index is 0.772. The fourth-order valence-electron chi connectivity index (χ4n) is 1.34. The van der Waals surface area contributed by atoms with E-state index in [0.717, 1.165) is 29.7 Å². The third kappa shape index (κ3) is 3.27. The third-order valence-electron chi connectivity index (χ3n) is 2.19. The first-order chi connectivity index (χ1) is 8.29. The van der Waals surface area contributed by atoms with Crippen LogP contribution in [-0.4, -0.2) is 43.6 Å². The summed E-state index contributed by atoms with van der Waals surface area (Å²) < 4.78 is 3.59. The summed E-state index contributed by atoms with van der Waals surface area (Å²) in [4.78, 5) is 0. The van der Waals surface area contributed by atoms with Crippen molar-refractivity contribution in [2.45, 2.75) is 17.5 Å².